The molecule has 19 heavy (non-hydrogen) atoms. The summed E-state index contributed by atoms with van der Waals surface area (Å²) in [6.45, 7) is 4.34. The van der Waals surface area contributed by atoms with Gasteiger partial charge in [-0.2, -0.15) is 0 Å². The van der Waals surface area contributed by atoms with Gasteiger partial charge in [-0.25, -0.2) is 0 Å². The summed E-state index contributed by atoms with van der Waals surface area (Å²) >= 11 is -1.73. The third kappa shape index (κ3) is 3.09. The monoisotopic (exact) mass is 316 g/mol. The van der Waals surface area contributed by atoms with Gasteiger partial charge in [0.15, 0.2) is 0 Å². The van der Waals surface area contributed by atoms with Gasteiger partial charge in [-0.05, 0) is 0 Å². The second kappa shape index (κ2) is 5.12. The van der Waals surface area contributed by atoms with Crippen molar-refractivity contribution in [3.63, 3.8) is 0 Å². The van der Waals surface area contributed by atoms with Crippen LogP contribution in [0.1, 0.15) is 11.1 Å². The number of hydrogen-bond acceptors (Lipinski definition) is 0. The zero-order chi connectivity index (χ0) is 14.2. The molecule has 1 nitrogen and oxygen atoms in total. The van der Waals surface area contributed by atoms with Gasteiger partial charge >= 0.3 is 119 Å². The second-order valence-electron chi connectivity index (χ2n) is 6.48. The molecule has 0 bridgehead atoms. The number of hydrogen-bond donors (Lipinski definition) is 0. The SMILES string of the molecule is Cc1ccc(C)c(-c2cc[c]([Ge]([CH3])([CH3])[CH3])c[n+]2C)c1. The summed E-state index contributed by atoms with van der Waals surface area (Å²) in [5.74, 6) is 7.31. The van der Waals surface area contributed by atoms with E-state index in [4.69, 9.17) is 0 Å². The van der Waals surface area contributed by atoms with Crippen LogP contribution >= 0.6 is 0 Å². The molecule has 0 fully saturated rings. The van der Waals surface area contributed by atoms with Crippen molar-refractivity contribution in [2.75, 3.05) is 0 Å². The Morgan fingerprint density at radius 2 is 1.63 bits per heavy atom. The number of pyridine rings is 1. The summed E-state index contributed by atoms with van der Waals surface area (Å²) in [6.07, 6.45) is 2.33. The zero-order valence-corrected chi connectivity index (χ0v) is 15.0. The van der Waals surface area contributed by atoms with Crippen LogP contribution in [0.3, 0.4) is 0 Å². The molecule has 0 aliphatic rings. The van der Waals surface area contributed by atoms with Crippen molar-refractivity contribution >= 4 is 17.7 Å². The van der Waals surface area contributed by atoms with Crippen molar-refractivity contribution in [1.29, 1.82) is 0 Å². The van der Waals surface area contributed by atoms with Crippen molar-refractivity contribution in [2.45, 2.75) is 31.1 Å². The predicted octanol–water partition coefficient (Wildman–Crippen LogP) is 3.34. The van der Waals surface area contributed by atoms with E-state index in [1.807, 2.05) is 0 Å². The number of aromatic nitrogens is 1. The zero-order valence-electron chi connectivity index (χ0n) is 12.9. The molecule has 2 heteroatoms. The Morgan fingerprint density at radius 3 is 2.21 bits per heavy atom. The van der Waals surface area contributed by atoms with E-state index in [9.17, 15) is 0 Å². The van der Waals surface area contributed by atoms with Gasteiger partial charge in [0, 0.05) is 0 Å². The predicted molar refractivity (Wildman–Crippen MR) is 85.5 cm³/mol. The van der Waals surface area contributed by atoms with Gasteiger partial charge in [-0.15, -0.1) is 0 Å². The van der Waals surface area contributed by atoms with Gasteiger partial charge in [0.05, 0.1) is 0 Å². The van der Waals surface area contributed by atoms with Crippen LogP contribution < -0.4 is 8.96 Å². The standard InChI is InChI=1S/C17H24GeN/c1-13-7-8-14(2)16(11-13)17-10-9-15(12-19(17)6)18(3,4)5/h7-12H,1-6H3/q+1. The third-order valence-corrected chi connectivity index (χ3v) is 7.92. The summed E-state index contributed by atoms with van der Waals surface area (Å²) in [5, 5.41) is 0. The molecule has 1 aromatic carbocycles. The molecule has 2 aromatic rings. The molecule has 100 valence electrons. The maximum atomic E-state index is 2.44. The van der Waals surface area contributed by atoms with E-state index >= 15 is 0 Å². The van der Waals surface area contributed by atoms with E-state index in [0.717, 1.165) is 0 Å². The average molecular weight is 315 g/mol. The van der Waals surface area contributed by atoms with Crippen molar-refractivity contribution < 1.29 is 4.57 Å². The summed E-state index contributed by atoms with van der Waals surface area (Å²) in [5.41, 5.74) is 5.30. The van der Waals surface area contributed by atoms with Crippen molar-refractivity contribution in [3.8, 4) is 11.3 Å². The molecule has 0 saturated heterocycles. The quantitative estimate of drug-likeness (QED) is 0.591. The maximum absolute atomic E-state index is 2.44. The van der Waals surface area contributed by atoms with Gasteiger partial charge in [0.25, 0.3) is 0 Å². The van der Waals surface area contributed by atoms with Crippen LogP contribution in [0.5, 0.6) is 0 Å². The van der Waals surface area contributed by atoms with Crippen LogP contribution in [-0.2, 0) is 7.05 Å². The van der Waals surface area contributed by atoms with E-state index < -0.39 is 13.3 Å². The number of nitrogens with zero attached hydrogens (tertiary/aromatic N) is 1. The first-order valence-electron chi connectivity index (χ1n) is 6.87. The Bertz CT molecular complexity index is 609. The summed E-state index contributed by atoms with van der Waals surface area (Å²) in [4.78, 5) is 0. The molecular formula is C17H24GeN+. The van der Waals surface area contributed by atoms with Crippen LogP contribution in [0.15, 0.2) is 36.5 Å². The minimum atomic E-state index is -1.73. The van der Waals surface area contributed by atoms with E-state index in [1.54, 1.807) is 4.40 Å². The Balaban J connectivity index is 2.55. The first-order valence-corrected chi connectivity index (χ1v) is 14.2. The van der Waals surface area contributed by atoms with Gasteiger partial charge in [0.1, 0.15) is 0 Å². The molecule has 0 amide bonds. The van der Waals surface area contributed by atoms with Gasteiger partial charge in [-0.1, -0.05) is 0 Å². The molecule has 2 rings (SSSR count). The Labute approximate surface area is 119 Å². The fourth-order valence-electron chi connectivity index (χ4n) is 2.34. The molecular weight excluding hydrogens is 291 g/mol. The van der Waals surface area contributed by atoms with Gasteiger partial charge < -0.3 is 0 Å². The topological polar surface area (TPSA) is 3.88 Å². The Hall–Kier alpha value is -1.09. The number of benzene rings is 1. The number of aryl methyl sites for hydroxylation is 3. The van der Waals surface area contributed by atoms with E-state index in [2.05, 4.69) is 79.3 Å². The fraction of sp³-hybridized carbons (Fsp3) is 0.353. The molecule has 0 spiro atoms. The van der Waals surface area contributed by atoms with Gasteiger partial charge in [-0.3, -0.25) is 0 Å². The summed E-state index contributed by atoms with van der Waals surface area (Å²) < 4.78 is 3.84. The third-order valence-electron chi connectivity index (χ3n) is 3.67. The van der Waals surface area contributed by atoms with Crippen molar-refractivity contribution in [2.24, 2.45) is 7.05 Å². The van der Waals surface area contributed by atoms with E-state index in [0.29, 0.717) is 0 Å². The van der Waals surface area contributed by atoms with Crippen LogP contribution in [-0.4, -0.2) is 13.3 Å². The Kier molecular flexibility index (Phi) is 3.86. The van der Waals surface area contributed by atoms with Crippen LogP contribution in [0, 0.1) is 13.8 Å². The van der Waals surface area contributed by atoms with Crippen LogP contribution in [0.25, 0.3) is 11.3 Å². The first kappa shape index (κ1) is 14.3. The molecule has 0 saturated carbocycles. The van der Waals surface area contributed by atoms with Crippen molar-refractivity contribution in [1.82, 2.24) is 0 Å². The number of rotatable bonds is 2. The molecule has 1 aromatic heterocycles. The van der Waals surface area contributed by atoms with E-state index in [1.165, 1.54) is 22.4 Å². The molecule has 0 atom stereocenters. The summed E-state index contributed by atoms with van der Waals surface area (Å²) in [7, 11) is 2.16. The molecule has 1 heterocycles. The van der Waals surface area contributed by atoms with Crippen LogP contribution in [0.2, 0.25) is 17.3 Å². The van der Waals surface area contributed by atoms with E-state index in [-0.39, 0.29) is 0 Å². The van der Waals surface area contributed by atoms with Crippen LogP contribution in [0.4, 0.5) is 0 Å². The molecule has 0 aliphatic heterocycles. The first-order chi connectivity index (χ1) is 8.79. The van der Waals surface area contributed by atoms with Crippen molar-refractivity contribution in [3.05, 3.63) is 47.7 Å². The average Bonchev–Trinajstić information content (AvgIpc) is 2.31. The van der Waals surface area contributed by atoms with Gasteiger partial charge in [0.2, 0.25) is 0 Å². The molecule has 0 aliphatic carbocycles. The molecule has 0 unspecified atom stereocenters. The normalized spacial score (nSPS) is 11.7. The molecule has 0 radical (unpaired) electrons. The fourth-order valence-corrected chi connectivity index (χ4v) is 4.79. The molecule has 0 N–H and O–H groups in total. The minimum absolute atomic E-state index is 1.30. The Morgan fingerprint density at radius 1 is 0.947 bits per heavy atom. The second-order valence-corrected chi connectivity index (χ2v) is 17.1. The summed E-state index contributed by atoms with van der Waals surface area (Å²) in [6, 6.07) is 11.3.